The second kappa shape index (κ2) is 12.6. The molecule has 57 heavy (non-hydrogen) atoms. The van der Waals surface area contributed by atoms with Crippen LogP contribution in [-0.2, 0) is 0 Å². The van der Waals surface area contributed by atoms with E-state index in [-0.39, 0.29) is 0 Å². The number of rotatable bonds is 5. The molecule has 0 saturated carbocycles. The van der Waals surface area contributed by atoms with Gasteiger partial charge in [-0.2, -0.15) is 0 Å². The Morgan fingerprint density at radius 2 is 1.05 bits per heavy atom. The average molecular weight is 747 g/mol. The Morgan fingerprint density at radius 1 is 0.386 bits per heavy atom. The summed E-state index contributed by atoms with van der Waals surface area (Å²) in [5.41, 5.74) is 10.1. The molecule has 0 aliphatic carbocycles. The standard InChI is InChI=1S/C51H30N4OS/c1-3-13-31(14-4-1)49-52-50(33-25-27-37-36-17-8-10-24-45(36)57-46(37)30-33)54-51(53-49)39-20-12-23-44-48(39)40-29-32(26-28-43(40)56-44)35-19-11-22-42-47(35)38-18-7-9-21-41(38)55(42)34-15-5-2-6-16-34/h1-30H. The summed E-state index contributed by atoms with van der Waals surface area (Å²) in [6.45, 7) is 0. The molecule has 0 fully saturated rings. The van der Waals surface area contributed by atoms with Crippen LogP contribution in [0.1, 0.15) is 0 Å². The molecule has 0 spiro atoms. The largest absolute Gasteiger partial charge is 0.456 e. The smallest absolute Gasteiger partial charge is 0.164 e. The predicted molar refractivity (Wildman–Crippen MR) is 236 cm³/mol. The average Bonchev–Trinajstić information content (AvgIpc) is 3.96. The van der Waals surface area contributed by atoms with Gasteiger partial charge in [0.25, 0.3) is 0 Å². The van der Waals surface area contributed by atoms with E-state index < -0.39 is 0 Å². The molecule has 0 bridgehead atoms. The van der Waals surface area contributed by atoms with Crippen molar-refractivity contribution in [2.24, 2.45) is 0 Å². The van der Waals surface area contributed by atoms with E-state index in [1.54, 1.807) is 11.3 Å². The first-order chi connectivity index (χ1) is 28.2. The van der Waals surface area contributed by atoms with Gasteiger partial charge in [-0.1, -0.05) is 127 Å². The third-order valence-corrected chi connectivity index (χ3v) is 12.2. The van der Waals surface area contributed by atoms with Crippen molar-refractivity contribution in [3.8, 4) is 51.0 Å². The molecule has 0 amide bonds. The zero-order valence-corrected chi connectivity index (χ0v) is 31.2. The van der Waals surface area contributed by atoms with Crippen molar-refractivity contribution in [3.05, 3.63) is 182 Å². The summed E-state index contributed by atoms with van der Waals surface area (Å²) in [5, 5.41) is 6.92. The zero-order chi connectivity index (χ0) is 37.5. The van der Waals surface area contributed by atoms with E-state index in [2.05, 4.69) is 144 Å². The van der Waals surface area contributed by atoms with Gasteiger partial charge in [0.1, 0.15) is 11.2 Å². The minimum atomic E-state index is 0.599. The predicted octanol–water partition coefficient (Wildman–Crippen LogP) is 13.9. The van der Waals surface area contributed by atoms with Crippen LogP contribution in [0.3, 0.4) is 0 Å². The van der Waals surface area contributed by atoms with Crippen LogP contribution < -0.4 is 0 Å². The lowest BCUT2D eigenvalue weighted by atomic mass is 9.97. The minimum absolute atomic E-state index is 0.599. The highest BCUT2D eigenvalue weighted by Gasteiger charge is 2.21. The Labute approximate surface area is 330 Å². The number of benzene rings is 8. The summed E-state index contributed by atoms with van der Waals surface area (Å²) in [6.07, 6.45) is 0. The van der Waals surface area contributed by atoms with E-state index in [1.807, 2.05) is 42.5 Å². The first-order valence-corrected chi connectivity index (χ1v) is 19.8. The number of hydrogen-bond donors (Lipinski definition) is 0. The first kappa shape index (κ1) is 31.9. The summed E-state index contributed by atoms with van der Waals surface area (Å²) >= 11 is 1.79. The van der Waals surface area contributed by atoms with Crippen molar-refractivity contribution in [1.82, 2.24) is 19.5 Å². The topological polar surface area (TPSA) is 56.7 Å². The van der Waals surface area contributed by atoms with Crippen molar-refractivity contribution in [2.45, 2.75) is 0 Å². The molecule has 0 atom stereocenters. The molecule has 12 aromatic rings. The molecule has 6 heteroatoms. The fourth-order valence-electron chi connectivity index (χ4n) is 8.50. The van der Waals surface area contributed by atoms with Gasteiger partial charge in [-0.15, -0.1) is 11.3 Å². The summed E-state index contributed by atoms with van der Waals surface area (Å²) in [7, 11) is 0. The molecule has 12 rings (SSSR count). The van der Waals surface area contributed by atoms with Crippen LogP contribution in [0.5, 0.6) is 0 Å². The van der Waals surface area contributed by atoms with E-state index in [0.29, 0.717) is 17.5 Å². The van der Waals surface area contributed by atoms with Crippen molar-refractivity contribution in [2.75, 3.05) is 0 Å². The van der Waals surface area contributed by atoms with Crippen molar-refractivity contribution in [3.63, 3.8) is 0 Å². The summed E-state index contributed by atoms with van der Waals surface area (Å²) in [4.78, 5) is 15.5. The van der Waals surface area contributed by atoms with E-state index in [4.69, 9.17) is 19.4 Å². The van der Waals surface area contributed by atoms with Gasteiger partial charge < -0.3 is 8.98 Å². The van der Waals surface area contributed by atoms with Crippen LogP contribution in [0.4, 0.5) is 0 Å². The van der Waals surface area contributed by atoms with Gasteiger partial charge in [-0.05, 0) is 65.7 Å². The van der Waals surface area contributed by atoms with Gasteiger partial charge in [0.2, 0.25) is 0 Å². The number of furan rings is 1. The summed E-state index contributed by atoms with van der Waals surface area (Å²) < 4.78 is 11.4. The highest BCUT2D eigenvalue weighted by molar-refractivity contribution is 7.25. The lowest BCUT2D eigenvalue weighted by Crippen LogP contribution is -2.00. The first-order valence-electron chi connectivity index (χ1n) is 19.0. The van der Waals surface area contributed by atoms with E-state index in [1.165, 1.54) is 36.5 Å². The van der Waals surface area contributed by atoms with Crippen LogP contribution in [-0.4, -0.2) is 19.5 Å². The van der Waals surface area contributed by atoms with Gasteiger partial charge in [0.15, 0.2) is 17.5 Å². The molecule has 0 aliphatic rings. The molecule has 4 aromatic heterocycles. The van der Waals surface area contributed by atoms with Gasteiger partial charge >= 0.3 is 0 Å². The van der Waals surface area contributed by atoms with Gasteiger partial charge in [-0.25, -0.2) is 15.0 Å². The van der Waals surface area contributed by atoms with Crippen LogP contribution in [0.25, 0.3) is 115 Å². The highest BCUT2D eigenvalue weighted by Crippen LogP contribution is 2.43. The number of aromatic nitrogens is 4. The third-order valence-electron chi connectivity index (χ3n) is 11.1. The van der Waals surface area contributed by atoms with Crippen LogP contribution in [0, 0.1) is 0 Å². The number of fused-ring (bicyclic) bond motifs is 9. The maximum atomic E-state index is 6.56. The summed E-state index contributed by atoms with van der Waals surface area (Å²) in [5.74, 6) is 1.85. The highest BCUT2D eigenvalue weighted by atomic mass is 32.1. The van der Waals surface area contributed by atoms with Crippen LogP contribution in [0.2, 0.25) is 0 Å². The zero-order valence-electron chi connectivity index (χ0n) is 30.4. The Bertz CT molecular complexity index is 3530. The van der Waals surface area contributed by atoms with Crippen LogP contribution in [0.15, 0.2) is 186 Å². The molecule has 0 radical (unpaired) electrons. The Hall–Kier alpha value is -7.41. The molecule has 8 aromatic carbocycles. The maximum absolute atomic E-state index is 6.56. The Morgan fingerprint density at radius 3 is 1.93 bits per heavy atom. The lowest BCUT2D eigenvalue weighted by molar-refractivity contribution is 0.669. The molecule has 5 nitrogen and oxygen atoms in total. The number of para-hydroxylation sites is 2. The maximum Gasteiger partial charge on any atom is 0.164 e. The molecular weight excluding hydrogens is 717 g/mol. The molecule has 266 valence electrons. The lowest BCUT2D eigenvalue weighted by Gasteiger charge is -2.10. The molecular formula is C51H30N4OS. The van der Waals surface area contributed by atoms with E-state index in [0.717, 1.165) is 61.0 Å². The second-order valence-corrected chi connectivity index (χ2v) is 15.4. The van der Waals surface area contributed by atoms with E-state index >= 15 is 0 Å². The third kappa shape index (κ3) is 5.04. The molecule has 0 aliphatic heterocycles. The fourth-order valence-corrected chi connectivity index (χ4v) is 9.65. The minimum Gasteiger partial charge on any atom is -0.456 e. The van der Waals surface area contributed by atoms with Gasteiger partial charge in [0, 0.05) is 64.1 Å². The quantitative estimate of drug-likeness (QED) is 0.176. The number of thiophene rings is 1. The van der Waals surface area contributed by atoms with Gasteiger partial charge in [0.05, 0.1) is 11.0 Å². The van der Waals surface area contributed by atoms with Crippen molar-refractivity contribution >= 4 is 75.3 Å². The fraction of sp³-hybridized carbons (Fsp3) is 0. The Balaban J connectivity index is 1.07. The van der Waals surface area contributed by atoms with Gasteiger partial charge in [-0.3, -0.25) is 0 Å². The molecule has 0 saturated heterocycles. The monoisotopic (exact) mass is 746 g/mol. The molecule has 4 heterocycles. The van der Waals surface area contributed by atoms with Crippen molar-refractivity contribution < 1.29 is 4.42 Å². The van der Waals surface area contributed by atoms with Crippen LogP contribution >= 0.6 is 11.3 Å². The number of hydrogen-bond acceptors (Lipinski definition) is 5. The second-order valence-electron chi connectivity index (χ2n) is 14.4. The Kier molecular flexibility index (Phi) is 7.03. The molecule has 0 N–H and O–H groups in total. The SMILES string of the molecule is c1ccc(-c2nc(-c3ccc4c(c3)sc3ccccc34)nc(-c3cccc4oc5ccc(-c6cccc7c6c6ccccc6n7-c6ccccc6)cc5c34)n2)cc1. The van der Waals surface area contributed by atoms with Crippen molar-refractivity contribution in [1.29, 1.82) is 0 Å². The normalized spacial score (nSPS) is 11.9. The van der Waals surface area contributed by atoms with E-state index in [9.17, 15) is 0 Å². The summed E-state index contributed by atoms with van der Waals surface area (Å²) in [6, 6.07) is 63.8. The number of nitrogens with zero attached hydrogens (tertiary/aromatic N) is 4. The molecule has 0 unspecified atom stereocenters.